The first-order chi connectivity index (χ1) is 8.41. The van der Waals surface area contributed by atoms with E-state index in [1.54, 1.807) is 0 Å². The van der Waals surface area contributed by atoms with Crippen LogP contribution in [-0.4, -0.2) is 4.57 Å². The Bertz CT molecular complexity index is 544. The van der Waals surface area contributed by atoms with Gasteiger partial charge >= 0.3 is 0 Å². The maximum atomic E-state index is 2.40. The van der Waals surface area contributed by atoms with Gasteiger partial charge < -0.3 is 4.57 Å². The van der Waals surface area contributed by atoms with E-state index in [2.05, 4.69) is 70.5 Å². The van der Waals surface area contributed by atoms with E-state index < -0.39 is 0 Å². The van der Waals surface area contributed by atoms with Gasteiger partial charge in [-0.1, -0.05) is 33.8 Å². The minimum atomic E-state index is 0.518. The number of nitrogens with zero attached hydrogens (tertiary/aromatic N) is 1. The Morgan fingerprint density at radius 3 is 2.06 bits per heavy atom. The van der Waals surface area contributed by atoms with Crippen molar-refractivity contribution in [3.05, 3.63) is 35.5 Å². The van der Waals surface area contributed by atoms with Crippen molar-refractivity contribution < 1.29 is 0 Å². The molecule has 0 amide bonds. The summed E-state index contributed by atoms with van der Waals surface area (Å²) in [7, 11) is 0. The van der Waals surface area contributed by atoms with E-state index in [1.165, 1.54) is 22.0 Å². The van der Waals surface area contributed by atoms with Crippen LogP contribution in [0.4, 0.5) is 0 Å². The number of fused-ring (bicyclic) bond motifs is 1. The number of aromatic nitrogens is 1. The van der Waals surface area contributed by atoms with Gasteiger partial charge in [0.1, 0.15) is 0 Å². The molecule has 0 saturated heterocycles. The lowest BCUT2D eigenvalue weighted by Gasteiger charge is -2.10. The summed E-state index contributed by atoms with van der Waals surface area (Å²) in [6.45, 7) is 13.6. The average Bonchev–Trinajstić information content (AvgIpc) is 2.67. The highest BCUT2D eigenvalue weighted by molar-refractivity contribution is 5.85. The highest BCUT2D eigenvalue weighted by atomic mass is 15.0. The molecule has 1 aromatic heterocycles. The minimum Gasteiger partial charge on any atom is -0.345 e. The zero-order valence-corrected chi connectivity index (χ0v) is 12.5. The summed E-state index contributed by atoms with van der Waals surface area (Å²) < 4.78 is 2.40. The van der Waals surface area contributed by atoms with Crippen molar-refractivity contribution >= 4 is 10.9 Å². The van der Waals surface area contributed by atoms with Gasteiger partial charge in [-0.25, -0.2) is 0 Å². The Kier molecular flexibility index (Phi) is 3.52. The van der Waals surface area contributed by atoms with Gasteiger partial charge in [0.2, 0.25) is 0 Å². The van der Waals surface area contributed by atoms with E-state index in [-0.39, 0.29) is 0 Å². The molecule has 98 valence electrons. The molecule has 1 aromatic carbocycles. The summed E-state index contributed by atoms with van der Waals surface area (Å²) in [5, 5.41) is 1.44. The van der Waals surface area contributed by atoms with Gasteiger partial charge in [-0.2, -0.15) is 0 Å². The van der Waals surface area contributed by atoms with Gasteiger partial charge in [-0.15, -0.1) is 0 Å². The van der Waals surface area contributed by atoms with Gasteiger partial charge in [0, 0.05) is 23.1 Å². The molecule has 0 bridgehead atoms. The predicted molar refractivity (Wildman–Crippen MR) is 80.5 cm³/mol. The summed E-state index contributed by atoms with van der Waals surface area (Å²) in [5.41, 5.74) is 4.28. The third-order valence-electron chi connectivity index (χ3n) is 3.73. The van der Waals surface area contributed by atoms with Crippen LogP contribution in [0, 0.1) is 0 Å². The van der Waals surface area contributed by atoms with E-state index in [0.717, 1.165) is 0 Å². The third kappa shape index (κ3) is 2.19. The molecule has 0 spiro atoms. The van der Waals surface area contributed by atoms with Gasteiger partial charge in [0.05, 0.1) is 0 Å². The van der Waals surface area contributed by atoms with Crippen molar-refractivity contribution in [3.8, 4) is 0 Å². The largest absolute Gasteiger partial charge is 0.345 e. The normalized spacial score (nSPS) is 12.3. The molecule has 0 fully saturated rings. The molecule has 1 nitrogen and oxygen atoms in total. The fourth-order valence-electron chi connectivity index (χ4n) is 2.55. The maximum absolute atomic E-state index is 2.40. The third-order valence-corrected chi connectivity index (χ3v) is 3.73. The number of hydrogen-bond donors (Lipinski definition) is 0. The molecule has 0 atom stereocenters. The lowest BCUT2D eigenvalue weighted by molar-refractivity contribution is 0.619. The second-order valence-electron chi connectivity index (χ2n) is 6.17. The maximum Gasteiger partial charge on any atom is 0.0485 e. The topological polar surface area (TPSA) is 4.93 Å². The van der Waals surface area contributed by atoms with E-state index in [1.807, 2.05) is 0 Å². The van der Waals surface area contributed by atoms with Crippen LogP contribution in [0.1, 0.15) is 70.5 Å². The lowest BCUT2D eigenvalue weighted by atomic mass is 9.97. The predicted octanol–water partition coefficient (Wildman–Crippen LogP) is 5.47. The molecule has 1 heterocycles. The summed E-state index contributed by atoms with van der Waals surface area (Å²) >= 11 is 0. The molecule has 0 aliphatic rings. The standard InChI is InChI=1S/C17H25N/c1-11(2)14-7-8-17-15(9-14)16(12(3)4)10-18(17)13(5)6/h7-13H,1-6H3. The number of hydrogen-bond acceptors (Lipinski definition) is 0. The van der Waals surface area contributed by atoms with Crippen LogP contribution in [0.5, 0.6) is 0 Å². The molecule has 2 rings (SSSR count). The SMILES string of the molecule is CC(C)c1ccc2c(c1)c(C(C)C)cn2C(C)C. The number of rotatable bonds is 3. The smallest absolute Gasteiger partial charge is 0.0485 e. The molecule has 0 unspecified atom stereocenters. The molecule has 0 saturated carbocycles. The van der Waals surface area contributed by atoms with Crippen molar-refractivity contribution in [3.63, 3.8) is 0 Å². The first kappa shape index (κ1) is 13.2. The lowest BCUT2D eigenvalue weighted by Crippen LogP contribution is -1.98. The van der Waals surface area contributed by atoms with Crippen molar-refractivity contribution in [2.45, 2.75) is 59.4 Å². The van der Waals surface area contributed by atoms with Crippen molar-refractivity contribution in [1.82, 2.24) is 4.57 Å². The van der Waals surface area contributed by atoms with Gasteiger partial charge in [0.25, 0.3) is 0 Å². The van der Waals surface area contributed by atoms with Crippen molar-refractivity contribution in [2.75, 3.05) is 0 Å². The summed E-state index contributed by atoms with van der Waals surface area (Å²) in [4.78, 5) is 0. The zero-order valence-electron chi connectivity index (χ0n) is 12.5. The summed E-state index contributed by atoms with van der Waals surface area (Å²) in [5.74, 6) is 1.17. The molecule has 0 radical (unpaired) electrons. The van der Waals surface area contributed by atoms with Crippen LogP contribution in [0.25, 0.3) is 10.9 Å². The highest BCUT2D eigenvalue weighted by Gasteiger charge is 2.14. The monoisotopic (exact) mass is 243 g/mol. The molecule has 0 aliphatic carbocycles. The van der Waals surface area contributed by atoms with E-state index >= 15 is 0 Å². The van der Waals surface area contributed by atoms with Gasteiger partial charge in [-0.05, 0) is 48.9 Å². The Hall–Kier alpha value is -1.24. The molecule has 18 heavy (non-hydrogen) atoms. The molecule has 2 aromatic rings. The van der Waals surface area contributed by atoms with Crippen molar-refractivity contribution in [1.29, 1.82) is 0 Å². The number of benzene rings is 1. The van der Waals surface area contributed by atoms with E-state index in [9.17, 15) is 0 Å². The van der Waals surface area contributed by atoms with Crippen LogP contribution >= 0.6 is 0 Å². The zero-order chi connectivity index (χ0) is 13.4. The Morgan fingerprint density at radius 2 is 1.56 bits per heavy atom. The summed E-state index contributed by atoms with van der Waals surface area (Å²) in [6, 6.07) is 7.46. The van der Waals surface area contributed by atoms with Crippen LogP contribution in [0.15, 0.2) is 24.4 Å². The molecular formula is C17H25N. The fraction of sp³-hybridized carbons (Fsp3) is 0.529. The van der Waals surface area contributed by atoms with Gasteiger partial charge in [-0.3, -0.25) is 0 Å². The first-order valence-electron chi connectivity index (χ1n) is 7.06. The van der Waals surface area contributed by atoms with Crippen LogP contribution in [0.3, 0.4) is 0 Å². The second-order valence-corrected chi connectivity index (χ2v) is 6.17. The van der Waals surface area contributed by atoms with Crippen molar-refractivity contribution in [2.24, 2.45) is 0 Å². The second kappa shape index (κ2) is 4.79. The summed E-state index contributed by atoms with van der Waals surface area (Å²) in [6.07, 6.45) is 2.34. The minimum absolute atomic E-state index is 0.518. The molecule has 1 heteroatoms. The van der Waals surface area contributed by atoms with Crippen LogP contribution in [0.2, 0.25) is 0 Å². The molecule has 0 N–H and O–H groups in total. The quantitative estimate of drug-likeness (QED) is 0.673. The molecular weight excluding hydrogens is 218 g/mol. The Labute approximate surface area is 111 Å². The van der Waals surface area contributed by atoms with E-state index in [4.69, 9.17) is 0 Å². The van der Waals surface area contributed by atoms with Gasteiger partial charge in [0.15, 0.2) is 0 Å². The van der Waals surface area contributed by atoms with Crippen LogP contribution in [-0.2, 0) is 0 Å². The molecule has 0 aliphatic heterocycles. The highest BCUT2D eigenvalue weighted by Crippen LogP contribution is 2.32. The first-order valence-corrected chi connectivity index (χ1v) is 7.06. The Balaban J connectivity index is 2.71. The fourth-order valence-corrected chi connectivity index (χ4v) is 2.55. The van der Waals surface area contributed by atoms with E-state index in [0.29, 0.717) is 17.9 Å². The van der Waals surface area contributed by atoms with Crippen LogP contribution < -0.4 is 0 Å². The Morgan fingerprint density at radius 1 is 0.889 bits per heavy atom. The average molecular weight is 243 g/mol.